The third-order valence-corrected chi connectivity index (χ3v) is 7.72. The maximum absolute atomic E-state index is 13.4. The van der Waals surface area contributed by atoms with Gasteiger partial charge < -0.3 is 5.32 Å². The van der Waals surface area contributed by atoms with Crippen molar-refractivity contribution in [3.8, 4) is 5.69 Å². The molecule has 0 saturated carbocycles. The zero-order valence-corrected chi connectivity index (χ0v) is 19.5. The third kappa shape index (κ3) is 4.44. The minimum absolute atomic E-state index is 0.0543. The maximum Gasteiger partial charge on any atom is 0.276 e. The predicted molar refractivity (Wildman–Crippen MR) is 127 cm³/mol. The molecular formula is C23H20FN5O3S2. The molecule has 0 atom stereocenters. The molecule has 2 heterocycles. The largest absolute Gasteiger partial charge is 0.321 e. The van der Waals surface area contributed by atoms with Crippen LogP contribution in [0.2, 0.25) is 0 Å². The second kappa shape index (κ2) is 8.99. The second-order valence-corrected chi connectivity index (χ2v) is 10.4. The van der Waals surface area contributed by atoms with Gasteiger partial charge in [-0.3, -0.25) is 9.52 Å². The summed E-state index contributed by atoms with van der Waals surface area (Å²) in [5, 5.41) is 9.31. The highest BCUT2D eigenvalue weighted by Crippen LogP contribution is 2.28. The second-order valence-electron chi connectivity index (χ2n) is 7.79. The Morgan fingerprint density at radius 1 is 1.03 bits per heavy atom. The van der Waals surface area contributed by atoms with Crippen LogP contribution in [0.3, 0.4) is 0 Å². The molecule has 0 saturated heterocycles. The number of benzene rings is 2. The number of fused-ring (bicyclic) bond motifs is 1. The number of anilines is 2. The van der Waals surface area contributed by atoms with Crippen molar-refractivity contribution in [3.63, 3.8) is 0 Å². The molecule has 34 heavy (non-hydrogen) atoms. The van der Waals surface area contributed by atoms with E-state index in [1.807, 2.05) is 0 Å². The molecule has 1 aliphatic rings. The summed E-state index contributed by atoms with van der Waals surface area (Å²) in [7, 11) is -3.78. The fourth-order valence-corrected chi connectivity index (χ4v) is 5.72. The summed E-state index contributed by atoms with van der Waals surface area (Å²) >= 11 is 1.18. The molecule has 1 amide bonds. The number of aromatic nitrogens is 3. The Morgan fingerprint density at radius 3 is 2.47 bits per heavy atom. The number of nitrogens with zero attached hydrogens (tertiary/aromatic N) is 3. The average Bonchev–Trinajstić information content (AvgIpc) is 3.48. The summed E-state index contributed by atoms with van der Waals surface area (Å²) in [6.07, 6.45) is 4.98. The van der Waals surface area contributed by atoms with Crippen molar-refractivity contribution in [2.75, 3.05) is 10.0 Å². The van der Waals surface area contributed by atoms with Gasteiger partial charge in [-0.1, -0.05) is 0 Å². The molecule has 11 heteroatoms. The van der Waals surface area contributed by atoms with Crippen LogP contribution in [0.4, 0.5) is 15.2 Å². The number of thiazole rings is 1. The number of rotatable bonds is 6. The van der Waals surface area contributed by atoms with Crippen LogP contribution in [-0.4, -0.2) is 29.1 Å². The molecule has 0 fully saturated rings. The van der Waals surface area contributed by atoms with E-state index in [-0.39, 0.29) is 21.8 Å². The third-order valence-electron chi connectivity index (χ3n) is 5.54. The maximum atomic E-state index is 13.4. The monoisotopic (exact) mass is 497 g/mol. The molecule has 0 unspecified atom stereocenters. The van der Waals surface area contributed by atoms with E-state index in [9.17, 15) is 17.6 Å². The number of hydrogen-bond donors (Lipinski definition) is 2. The Hall–Kier alpha value is -3.57. The molecule has 2 N–H and O–H groups in total. The van der Waals surface area contributed by atoms with Gasteiger partial charge in [0, 0.05) is 28.5 Å². The average molecular weight is 498 g/mol. The number of carbonyl (C=O) groups is 1. The van der Waals surface area contributed by atoms with Gasteiger partial charge in [0.1, 0.15) is 5.82 Å². The van der Waals surface area contributed by atoms with Crippen LogP contribution >= 0.6 is 11.3 Å². The Kier molecular flexibility index (Phi) is 5.88. The van der Waals surface area contributed by atoms with Crippen molar-refractivity contribution in [1.82, 2.24) is 14.8 Å². The van der Waals surface area contributed by atoms with E-state index in [4.69, 9.17) is 0 Å². The molecule has 1 aliphatic carbocycles. The van der Waals surface area contributed by atoms with Gasteiger partial charge in [-0.05, 0) is 74.2 Å². The first-order valence-electron chi connectivity index (χ1n) is 10.6. The van der Waals surface area contributed by atoms with E-state index in [1.165, 1.54) is 53.9 Å². The van der Waals surface area contributed by atoms with Gasteiger partial charge in [0.15, 0.2) is 10.8 Å². The van der Waals surface area contributed by atoms with Crippen molar-refractivity contribution >= 4 is 38.1 Å². The van der Waals surface area contributed by atoms with Crippen LogP contribution in [0.1, 0.15) is 34.6 Å². The molecule has 5 rings (SSSR count). The van der Waals surface area contributed by atoms with Crippen LogP contribution in [0.15, 0.2) is 65.0 Å². The molecule has 2 aromatic heterocycles. The van der Waals surface area contributed by atoms with Gasteiger partial charge in [0.05, 0.1) is 10.6 Å². The Morgan fingerprint density at radius 2 is 1.76 bits per heavy atom. The highest BCUT2D eigenvalue weighted by atomic mass is 32.2. The molecule has 0 aliphatic heterocycles. The van der Waals surface area contributed by atoms with Crippen molar-refractivity contribution in [2.24, 2.45) is 0 Å². The number of hydrogen-bond acceptors (Lipinski definition) is 6. The van der Waals surface area contributed by atoms with Gasteiger partial charge in [-0.25, -0.2) is 22.5 Å². The first-order valence-corrected chi connectivity index (χ1v) is 13.0. The molecule has 0 bridgehead atoms. The van der Waals surface area contributed by atoms with E-state index >= 15 is 0 Å². The first-order chi connectivity index (χ1) is 16.4. The van der Waals surface area contributed by atoms with Gasteiger partial charge in [0.25, 0.3) is 15.9 Å². The lowest BCUT2D eigenvalue weighted by molar-refractivity contribution is 0.102. The van der Waals surface area contributed by atoms with Crippen LogP contribution in [0, 0.1) is 5.82 Å². The topological polar surface area (TPSA) is 106 Å². The quantitative estimate of drug-likeness (QED) is 0.411. The minimum Gasteiger partial charge on any atom is -0.321 e. The van der Waals surface area contributed by atoms with Crippen LogP contribution in [0.5, 0.6) is 0 Å². The number of carbonyl (C=O) groups excluding carboxylic acids is 1. The molecule has 8 nitrogen and oxygen atoms in total. The lowest BCUT2D eigenvalue weighted by Gasteiger charge is -2.14. The fraction of sp³-hybridized carbons (Fsp3) is 0.174. The lowest BCUT2D eigenvalue weighted by atomic mass is 9.95. The summed E-state index contributed by atoms with van der Waals surface area (Å²) in [6, 6.07) is 11.9. The zero-order valence-electron chi connectivity index (χ0n) is 17.9. The number of sulfonamides is 1. The van der Waals surface area contributed by atoms with E-state index in [1.54, 1.807) is 22.2 Å². The predicted octanol–water partition coefficient (Wildman–Crippen LogP) is 4.40. The fourth-order valence-electron chi connectivity index (χ4n) is 3.93. The van der Waals surface area contributed by atoms with E-state index < -0.39 is 10.0 Å². The lowest BCUT2D eigenvalue weighted by Crippen LogP contribution is -2.16. The van der Waals surface area contributed by atoms with E-state index in [0.29, 0.717) is 17.1 Å². The molecule has 174 valence electrons. The van der Waals surface area contributed by atoms with Gasteiger partial charge >= 0.3 is 0 Å². The van der Waals surface area contributed by atoms with Crippen molar-refractivity contribution < 1.29 is 17.6 Å². The molecule has 0 spiro atoms. The van der Waals surface area contributed by atoms with Gasteiger partial charge in [-0.2, -0.15) is 5.10 Å². The smallest absolute Gasteiger partial charge is 0.276 e. The summed E-state index contributed by atoms with van der Waals surface area (Å²) in [4.78, 5) is 17.1. The Balaban J connectivity index is 1.38. The summed E-state index contributed by atoms with van der Waals surface area (Å²) < 4.78 is 42.5. The number of nitrogens with one attached hydrogen (secondary N) is 2. The first kappa shape index (κ1) is 22.2. The van der Waals surface area contributed by atoms with E-state index in [0.717, 1.165) is 36.9 Å². The summed E-state index contributed by atoms with van der Waals surface area (Å²) in [5.41, 5.74) is 3.30. The molecule has 0 radical (unpaired) electrons. The zero-order chi connectivity index (χ0) is 23.7. The van der Waals surface area contributed by atoms with Crippen molar-refractivity contribution in [1.29, 1.82) is 0 Å². The van der Waals surface area contributed by atoms with Crippen LogP contribution in [-0.2, 0) is 22.9 Å². The highest BCUT2D eigenvalue weighted by Gasteiger charge is 2.26. The van der Waals surface area contributed by atoms with Gasteiger partial charge in [0.2, 0.25) is 0 Å². The van der Waals surface area contributed by atoms with Gasteiger partial charge in [-0.15, -0.1) is 11.3 Å². The molecular weight excluding hydrogens is 477 g/mol. The Bertz CT molecular complexity index is 1430. The summed E-state index contributed by atoms with van der Waals surface area (Å²) in [6.45, 7) is 0. The summed E-state index contributed by atoms with van der Waals surface area (Å²) in [5.74, 6) is -0.717. The number of amides is 1. The SMILES string of the molecule is O=C(Nc1ccc(S(=O)(=O)Nc2nccs2)cc1)c1nn(-c2ccc(F)cc2)c2c1CCCC2. The standard InChI is InChI=1S/C23H20FN5O3S2/c24-15-5-9-17(10-6-15)29-20-4-2-1-3-19(20)21(27-29)22(30)26-16-7-11-18(12-8-16)34(31,32)28-23-25-13-14-33-23/h5-14H,1-4H2,(H,25,28)(H,26,30). The van der Waals surface area contributed by atoms with Crippen LogP contribution < -0.4 is 10.0 Å². The van der Waals surface area contributed by atoms with Crippen molar-refractivity contribution in [3.05, 3.63) is 82.9 Å². The molecule has 4 aromatic rings. The Labute approximate surface area is 199 Å². The van der Waals surface area contributed by atoms with E-state index in [2.05, 4.69) is 20.1 Å². The normalized spacial score (nSPS) is 13.3. The minimum atomic E-state index is -3.78. The highest BCUT2D eigenvalue weighted by molar-refractivity contribution is 7.93. The van der Waals surface area contributed by atoms with Crippen molar-refractivity contribution in [2.45, 2.75) is 30.6 Å². The molecule has 2 aromatic carbocycles. The number of halogens is 1. The van der Waals surface area contributed by atoms with Crippen LogP contribution in [0.25, 0.3) is 5.69 Å².